The van der Waals surface area contributed by atoms with Crippen LogP contribution in [0.15, 0.2) is 24.3 Å². The second kappa shape index (κ2) is 6.90. The molecule has 2 unspecified atom stereocenters. The lowest BCUT2D eigenvalue weighted by atomic mass is 9.98. The van der Waals surface area contributed by atoms with Gasteiger partial charge in [0.2, 0.25) is 0 Å². The van der Waals surface area contributed by atoms with Crippen molar-refractivity contribution < 1.29 is 10.2 Å². The van der Waals surface area contributed by atoms with Gasteiger partial charge in [-0.25, -0.2) is 0 Å². The van der Waals surface area contributed by atoms with Gasteiger partial charge in [-0.1, -0.05) is 23.7 Å². The Labute approximate surface area is 126 Å². The number of halogens is 1. The average molecular weight is 298 g/mol. The van der Waals surface area contributed by atoms with E-state index in [-0.39, 0.29) is 0 Å². The molecule has 20 heavy (non-hydrogen) atoms. The van der Waals surface area contributed by atoms with Crippen LogP contribution in [0.1, 0.15) is 44.3 Å². The van der Waals surface area contributed by atoms with Gasteiger partial charge in [-0.2, -0.15) is 0 Å². The van der Waals surface area contributed by atoms with E-state index in [1.807, 2.05) is 31.2 Å². The summed E-state index contributed by atoms with van der Waals surface area (Å²) in [5.41, 5.74) is 0.389. The summed E-state index contributed by atoms with van der Waals surface area (Å²) < 4.78 is 0. The van der Waals surface area contributed by atoms with Crippen molar-refractivity contribution in [3.05, 3.63) is 34.9 Å². The Morgan fingerprint density at radius 3 is 2.65 bits per heavy atom. The highest BCUT2D eigenvalue weighted by Gasteiger charge is 2.25. The Bertz CT molecular complexity index is 419. The lowest BCUT2D eigenvalue weighted by molar-refractivity contribution is 0.0441. The summed E-state index contributed by atoms with van der Waals surface area (Å²) in [6.07, 6.45) is 2.96. The van der Waals surface area contributed by atoms with Crippen LogP contribution in [-0.4, -0.2) is 40.3 Å². The first-order valence-corrected chi connectivity index (χ1v) is 7.72. The van der Waals surface area contributed by atoms with Crippen molar-refractivity contribution in [1.82, 2.24) is 4.90 Å². The normalized spacial score (nSPS) is 26.2. The van der Waals surface area contributed by atoms with Crippen LogP contribution in [0.2, 0.25) is 5.02 Å². The third kappa shape index (κ3) is 4.74. The molecule has 0 aromatic heterocycles. The van der Waals surface area contributed by atoms with Crippen molar-refractivity contribution in [1.29, 1.82) is 0 Å². The zero-order valence-electron chi connectivity index (χ0n) is 12.1. The van der Waals surface area contributed by atoms with Gasteiger partial charge >= 0.3 is 0 Å². The van der Waals surface area contributed by atoms with Gasteiger partial charge in [0.25, 0.3) is 0 Å². The monoisotopic (exact) mass is 297 g/mol. The summed E-state index contributed by atoms with van der Waals surface area (Å²) >= 11 is 5.85. The molecule has 3 nitrogen and oxygen atoms in total. The zero-order valence-corrected chi connectivity index (χ0v) is 12.8. The topological polar surface area (TPSA) is 43.7 Å². The minimum Gasteiger partial charge on any atom is -0.390 e. The minimum absolute atomic E-state index is 0.448. The fraction of sp³-hybridized carbons (Fsp3) is 0.625. The van der Waals surface area contributed by atoms with Gasteiger partial charge in [0.1, 0.15) is 0 Å². The summed E-state index contributed by atoms with van der Waals surface area (Å²) in [5.74, 6) is 0. The molecule has 0 aliphatic carbocycles. The van der Waals surface area contributed by atoms with Gasteiger partial charge in [0.15, 0.2) is 0 Å². The number of benzene rings is 1. The lowest BCUT2D eigenvalue weighted by Gasteiger charge is -2.23. The highest BCUT2D eigenvalue weighted by atomic mass is 35.5. The Hall–Kier alpha value is -0.610. The van der Waals surface area contributed by atoms with Crippen molar-refractivity contribution in [2.45, 2.75) is 44.3 Å². The van der Waals surface area contributed by atoms with Crippen LogP contribution < -0.4 is 0 Å². The zero-order chi connectivity index (χ0) is 14.6. The van der Waals surface area contributed by atoms with E-state index in [0.29, 0.717) is 11.4 Å². The van der Waals surface area contributed by atoms with Gasteiger partial charge in [-0.3, -0.25) is 0 Å². The van der Waals surface area contributed by atoms with Crippen LogP contribution >= 0.6 is 11.6 Å². The molecule has 0 saturated carbocycles. The first-order valence-electron chi connectivity index (χ1n) is 7.34. The molecule has 2 atom stereocenters. The van der Waals surface area contributed by atoms with Crippen molar-refractivity contribution in [3.63, 3.8) is 0 Å². The molecule has 0 amide bonds. The van der Waals surface area contributed by atoms with E-state index >= 15 is 0 Å². The molecule has 1 heterocycles. The molecule has 1 aromatic rings. The van der Waals surface area contributed by atoms with Crippen molar-refractivity contribution in [2.24, 2.45) is 0 Å². The summed E-state index contributed by atoms with van der Waals surface area (Å²) in [7, 11) is 0. The quantitative estimate of drug-likeness (QED) is 0.898. The van der Waals surface area contributed by atoms with Crippen LogP contribution in [0.25, 0.3) is 0 Å². The number of hydrogen-bond donors (Lipinski definition) is 2. The largest absolute Gasteiger partial charge is 0.390 e. The smallest absolute Gasteiger partial charge is 0.0802 e. The van der Waals surface area contributed by atoms with E-state index in [1.54, 1.807) is 0 Å². The molecule has 4 heteroatoms. The molecule has 0 bridgehead atoms. The molecular formula is C16H24ClNO2. The number of likely N-dealkylation sites (tertiary alicyclic amines) is 1. The van der Waals surface area contributed by atoms with Gasteiger partial charge in [0.05, 0.1) is 11.7 Å². The van der Waals surface area contributed by atoms with Crippen LogP contribution in [0.4, 0.5) is 0 Å². The van der Waals surface area contributed by atoms with E-state index in [2.05, 4.69) is 4.90 Å². The Morgan fingerprint density at radius 1 is 1.25 bits per heavy atom. The first-order chi connectivity index (χ1) is 9.46. The maximum Gasteiger partial charge on any atom is 0.0802 e. The van der Waals surface area contributed by atoms with Crippen molar-refractivity contribution in [3.8, 4) is 0 Å². The van der Waals surface area contributed by atoms with E-state index in [4.69, 9.17) is 11.6 Å². The molecule has 1 aliphatic rings. The molecule has 112 valence electrons. The number of aliphatic hydroxyl groups excluding tert-OH is 1. The SMILES string of the molecule is CC1(O)CCCN(CCC(O)c2ccc(Cl)cc2)CC1. The Morgan fingerprint density at radius 2 is 1.95 bits per heavy atom. The third-order valence-corrected chi connectivity index (χ3v) is 4.38. The number of aliphatic hydroxyl groups is 2. The maximum atomic E-state index is 10.2. The molecular weight excluding hydrogens is 274 g/mol. The molecule has 2 N–H and O–H groups in total. The van der Waals surface area contributed by atoms with E-state index in [9.17, 15) is 10.2 Å². The molecule has 1 saturated heterocycles. The fourth-order valence-corrected chi connectivity index (χ4v) is 2.83. The van der Waals surface area contributed by atoms with Gasteiger partial charge < -0.3 is 15.1 Å². The van der Waals surface area contributed by atoms with E-state index < -0.39 is 11.7 Å². The van der Waals surface area contributed by atoms with E-state index in [0.717, 1.165) is 44.5 Å². The van der Waals surface area contributed by atoms with Gasteiger partial charge in [-0.05, 0) is 56.8 Å². The van der Waals surface area contributed by atoms with Crippen LogP contribution in [0.3, 0.4) is 0 Å². The first kappa shape index (κ1) is 15.8. The predicted molar refractivity (Wildman–Crippen MR) is 81.9 cm³/mol. The Kier molecular flexibility index (Phi) is 5.44. The predicted octanol–water partition coefficient (Wildman–Crippen LogP) is 3.00. The average Bonchev–Trinajstić information content (AvgIpc) is 2.58. The van der Waals surface area contributed by atoms with Crippen LogP contribution in [0, 0.1) is 0 Å². The standard InChI is InChI=1S/C16H24ClNO2/c1-16(20)8-2-10-18(12-9-16)11-7-15(19)13-3-5-14(17)6-4-13/h3-6,15,19-20H,2,7-12H2,1H3. The number of rotatable bonds is 4. The van der Waals surface area contributed by atoms with Crippen LogP contribution in [-0.2, 0) is 0 Å². The summed E-state index contributed by atoms with van der Waals surface area (Å²) in [6.45, 7) is 4.68. The maximum absolute atomic E-state index is 10.2. The summed E-state index contributed by atoms with van der Waals surface area (Å²) in [6, 6.07) is 7.37. The molecule has 0 radical (unpaired) electrons. The third-order valence-electron chi connectivity index (χ3n) is 4.13. The summed E-state index contributed by atoms with van der Waals surface area (Å²) in [4.78, 5) is 2.33. The van der Waals surface area contributed by atoms with Crippen LogP contribution in [0.5, 0.6) is 0 Å². The highest BCUT2D eigenvalue weighted by molar-refractivity contribution is 6.30. The van der Waals surface area contributed by atoms with Crippen molar-refractivity contribution in [2.75, 3.05) is 19.6 Å². The second-order valence-electron chi connectivity index (χ2n) is 6.05. The van der Waals surface area contributed by atoms with Gasteiger partial charge in [0, 0.05) is 18.1 Å². The highest BCUT2D eigenvalue weighted by Crippen LogP contribution is 2.23. The number of hydrogen-bond acceptors (Lipinski definition) is 3. The fourth-order valence-electron chi connectivity index (χ4n) is 2.70. The molecule has 1 fully saturated rings. The molecule has 2 rings (SSSR count). The minimum atomic E-state index is -0.524. The molecule has 1 aromatic carbocycles. The summed E-state index contributed by atoms with van der Waals surface area (Å²) in [5, 5.41) is 21.0. The second-order valence-corrected chi connectivity index (χ2v) is 6.48. The Balaban J connectivity index is 1.81. The molecule has 1 aliphatic heterocycles. The lowest BCUT2D eigenvalue weighted by Crippen LogP contribution is -2.29. The van der Waals surface area contributed by atoms with Gasteiger partial charge in [-0.15, -0.1) is 0 Å². The molecule has 0 spiro atoms. The van der Waals surface area contributed by atoms with E-state index in [1.165, 1.54) is 0 Å². The number of nitrogens with zero attached hydrogens (tertiary/aromatic N) is 1. The van der Waals surface area contributed by atoms with Crippen molar-refractivity contribution >= 4 is 11.6 Å².